The molecule has 1 saturated heterocycles. The van der Waals surface area contributed by atoms with Crippen LogP contribution in [0.25, 0.3) is 0 Å². The van der Waals surface area contributed by atoms with Crippen molar-refractivity contribution in [3.8, 4) is 0 Å². The first-order chi connectivity index (χ1) is 12.1. The number of ether oxygens (including phenoxy) is 1. The molecule has 1 amide bonds. The highest BCUT2D eigenvalue weighted by atomic mass is 35.5. The molecule has 1 unspecified atom stereocenters. The normalized spacial score (nSPS) is 23.8. The highest BCUT2D eigenvalue weighted by Gasteiger charge is 2.41. The van der Waals surface area contributed by atoms with E-state index in [2.05, 4.69) is 15.2 Å². The maximum absolute atomic E-state index is 12.5. The predicted molar refractivity (Wildman–Crippen MR) is 96.5 cm³/mol. The van der Waals surface area contributed by atoms with Crippen molar-refractivity contribution in [3.63, 3.8) is 0 Å². The van der Waals surface area contributed by atoms with Gasteiger partial charge in [0.05, 0.1) is 13.2 Å². The molecule has 2 aliphatic rings. The summed E-state index contributed by atoms with van der Waals surface area (Å²) in [6, 6.07) is 7.05. The van der Waals surface area contributed by atoms with E-state index in [9.17, 15) is 9.90 Å². The average Bonchev–Trinajstić information content (AvgIpc) is 3.04. The SMILES string of the molecule is O=C1NCCC(O)(c2ccc(Cl)cc2)c2nc(N3CCOCC3)sc21. The second-order valence-corrected chi connectivity index (χ2v) is 7.56. The quantitative estimate of drug-likeness (QED) is 0.834. The Kier molecular flexibility index (Phi) is 4.41. The molecule has 3 heterocycles. The minimum absolute atomic E-state index is 0.183. The number of nitrogens with zero attached hydrogens (tertiary/aromatic N) is 2. The van der Waals surface area contributed by atoms with Crippen molar-refractivity contribution in [1.29, 1.82) is 0 Å². The van der Waals surface area contributed by atoms with Gasteiger partial charge in [-0.25, -0.2) is 4.98 Å². The molecule has 8 heteroatoms. The minimum Gasteiger partial charge on any atom is -0.379 e. The summed E-state index contributed by atoms with van der Waals surface area (Å²) in [5.41, 5.74) is -0.204. The van der Waals surface area contributed by atoms with Gasteiger partial charge in [0, 0.05) is 31.1 Å². The first-order valence-electron chi connectivity index (χ1n) is 8.18. The van der Waals surface area contributed by atoms with E-state index in [0.29, 0.717) is 47.3 Å². The molecular formula is C17H18ClN3O3S. The van der Waals surface area contributed by atoms with Crippen molar-refractivity contribution in [2.24, 2.45) is 0 Å². The third kappa shape index (κ3) is 3.01. The molecule has 1 atom stereocenters. The van der Waals surface area contributed by atoms with E-state index < -0.39 is 5.60 Å². The number of thiazole rings is 1. The van der Waals surface area contributed by atoms with Gasteiger partial charge in [0.15, 0.2) is 5.13 Å². The molecule has 1 aromatic heterocycles. The number of amides is 1. The number of aliphatic hydroxyl groups is 1. The zero-order valence-electron chi connectivity index (χ0n) is 13.5. The van der Waals surface area contributed by atoms with E-state index in [1.54, 1.807) is 24.3 Å². The third-order valence-electron chi connectivity index (χ3n) is 4.59. The lowest BCUT2D eigenvalue weighted by Gasteiger charge is -2.28. The Morgan fingerprint density at radius 3 is 2.72 bits per heavy atom. The smallest absolute Gasteiger partial charge is 0.263 e. The fourth-order valence-corrected chi connectivity index (χ4v) is 4.43. The van der Waals surface area contributed by atoms with Crippen LogP contribution in [0.4, 0.5) is 5.13 Å². The van der Waals surface area contributed by atoms with Crippen molar-refractivity contribution < 1.29 is 14.6 Å². The number of hydrogen-bond acceptors (Lipinski definition) is 6. The third-order valence-corrected chi connectivity index (χ3v) is 5.96. The molecule has 0 saturated carbocycles. The zero-order valence-corrected chi connectivity index (χ0v) is 15.1. The first-order valence-corrected chi connectivity index (χ1v) is 9.38. The molecule has 1 aromatic carbocycles. The Bertz CT molecular complexity index is 789. The summed E-state index contributed by atoms with van der Waals surface area (Å²) in [7, 11) is 0. The van der Waals surface area contributed by atoms with Gasteiger partial charge in [-0.2, -0.15) is 0 Å². The van der Waals surface area contributed by atoms with Crippen LogP contribution < -0.4 is 10.2 Å². The molecule has 1 fully saturated rings. The predicted octanol–water partition coefficient (Wildman–Crippen LogP) is 2.00. The molecule has 2 N–H and O–H groups in total. The number of nitrogens with one attached hydrogen (secondary N) is 1. The summed E-state index contributed by atoms with van der Waals surface area (Å²) in [5, 5.41) is 15.7. The number of morpholine rings is 1. The minimum atomic E-state index is -1.32. The van der Waals surface area contributed by atoms with Crippen LogP contribution in [-0.2, 0) is 10.3 Å². The topological polar surface area (TPSA) is 74.7 Å². The number of halogens is 1. The number of hydrogen-bond donors (Lipinski definition) is 2. The summed E-state index contributed by atoms with van der Waals surface area (Å²) in [6.45, 7) is 3.12. The van der Waals surface area contributed by atoms with E-state index in [0.717, 1.165) is 18.2 Å². The van der Waals surface area contributed by atoms with Crippen LogP contribution in [0.3, 0.4) is 0 Å². The fraction of sp³-hybridized carbons (Fsp3) is 0.412. The molecular weight excluding hydrogens is 362 g/mol. The highest BCUT2D eigenvalue weighted by Crippen LogP contribution is 2.40. The van der Waals surface area contributed by atoms with Crippen molar-refractivity contribution in [1.82, 2.24) is 10.3 Å². The van der Waals surface area contributed by atoms with Crippen LogP contribution in [0.1, 0.15) is 27.3 Å². The van der Waals surface area contributed by atoms with Crippen LogP contribution in [0.2, 0.25) is 5.02 Å². The number of carbonyl (C=O) groups excluding carboxylic acids is 1. The molecule has 132 valence electrons. The number of rotatable bonds is 2. The van der Waals surface area contributed by atoms with Crippen molar-refractivity contribution in [2.45, 2.75) is 12.0 Å². The standard InChI is InChI=1S/C17H18ClN3O3S/c18-12-3-1-11(2-4-12)17(23)5-6-19-15(22)13-14(17)20-16(25-13)21-7-9-24-10-8-21/h1-4,23H,5-10H2,(H,19,22). The van der Waals surface area contributed by atoms with E-state index in [1.165, 1.54) is 11.3 Å². The summed E-state index contributed by atoms with van der Waals surface area (Å²) >= 11 is 7.30. The van der Waals surface area contributed by atoms with Gasteiger partial charge in [0.1, 0.15) is 16.2 Å². The van der Waals surface area contributed by atoms with Gasteiger partial charge in [-0.05, 0) is 17.7 Å². The Hall–Kier alpha value is -1.67. The lowest BCUT2D eigenvalue weighted by molar-refractivity contribution is 0.0696. The van der Waals surface area contributed by atoms with Crippen LogP contribution in [0.5, 0.6) is 0 Å². The van der Waals surface area contributed by atoms with Gasteiger partial charge in [-0.1, -0.05) is 35.1 Å². The Morgan fingerprint density at radius 1 is 1.28 bits per heavy atom. The second kappa shape index (κ2) is 6.57. The van der Waals surface area contributed by atoms with Gasteiger partial charge < -0.3 is 20.1 Å². The maximum Gasteiger partial charge on any atom is 0.263 e. The molecule has 0 radical (unpaired) electrons. The molecule has 2 aliphatic heterocycles. The van der Waals surface area contributed by atoms with Gasteiger partial charge >= 0.3 is 0 Å². The zero-order chi connectivity index (χ0) is 17.4. The van der Waals surface area contributed by atoms with Gasteiger partial charge in [-0.15, -0.1) is 0 Å². The Labute approximate surface area is 154 Å². The maximum atomic E-state index is 12.5. The molecule has 0 spiro atoms. The van der Waals surface area contributed by atoms with Crippen molar-refractivity contribution in [3.05, 3.63) is 45.4 Å². The monoisotopic (exact) mass is 379 g/mol. The van der Waals surface area contributed by atoms with Crippen LogP contribution in [0, 0.1) is 0 Å². The van der Waals surface area contributed by atoms with E-state index in [4.69, 9.17) is 16.3 Å². The summed E-state index contributed by atoms with van der Waals surface area (Å²) in [4.78, 5) is 19.7. The molecule has 4 rings (SSSR count). The lowest BCUT2D eigenvalue weighted by Crippen LogP contribution is -2.36. The van der Waals surface area contributed by atoms with Crippen molar-refractivity contribution >= 4 is 34.0 Å². The van der Waals surface area contributed by atoms with Gasteiger partial charge in [0.2, 0.25) is 0 Å². The van der Waals surface area contributed by atoms with Crippen LogP contribution >= 0.6 is 22.9 Å². The average molecular weight is 380 g/mol. The molecule has 6 nitrogen and oxygen atoms in total. The molecule has 0 bridgehead atoms. The second-order valence-electron chi connectivity index (χ2n) is 6.15. The highest BCUT2D eigenvalue weighted by molar-refractivity contribution is 7.17. The Balaban J connectivity index is 1.80. The number of carbonyl (C=O) groups is 1. The number of anilines is 1. The number of aromatic nitrogens is 1. The van der Waals surface area contributed by atoms with Crippen LogP contribution in [0.15, 0.2) is 24.3 Å². The van der Waals surface area contributed by atoms with E-state index >= 15 is 0 Å². The first kappa shape index (κ1) is 16.8. The number of fused-ring (bicyclic) bond motifs is 1. The summed E-state index contributed by atoms with van der Waals surface area (Å²) in [5.74, 6) is -0.183. The summed E-state index contributed by atoms with van der Waals surface area (Å²) < 4.78 is 5.38. The summed E-state index contributed by atoms with van der Waals surface area (Å²) in [6.07, 6.45) is 0.361. The van der Waals surface area contributed by atoms with Gasteiger partial charge in [0.25, 0.3) is 5.91 Å². The van der Waals surface area contributed by atoms with Crippen LogP contribution in [-0.4, -0.2) is 48.8 Å². The molecule has 25 heavy (non-hydrogen) atoms. The lowest BCUT2D eigenvalue weighted by atomic mass is 9.87. The van der Waals surface area contributed by atoms with Crippen molar-refractivity contribution in [2.75, 3.05) is 37.7 Å². The fourth-order valence-electron chi connectivity index (χ4n) is 3.20. The van der Waals surface area contributed by atoms with Gasteiger partial charge in [-0.3, -0.25) is 4.79 Å². The molecule has 2 aromatic rings. The molecule has 0 aliphatic carbocycles. The van der Waals surface area contributed by atoms with E-state index in [1.807, 2.05) is 0 Å². The largest absolute Gasteiger partial charge is 0.379 e. The Morgan fingerprint density at radius 2 is 2.00 bits per heavy atom. The van der Waals surface area contributed by atoms with E-state index in [-0.39, 0.29) is 5.91 Å². The number of benzene rings is 1.